The minimum atomic E-state index is -0.120. The second-order valence-corrected chi connectivity index (χ2v) is 8.77. The van der Waals surface area contributed by atoms with Gasteiger partial charge in [-0.15, -0.1) is 0 Å². The Morgan fingerprint density at radius 3 is 2.68 bits per heavy atom. The third kappa shape index (κ3) is 4.06. The van der Waals surface area contributed by atoms with E-state index < -0.39 is 0 Å². The highest BCUT2D eigenvalue weighted by Gasteiger charge is 2.21. The normalized spacial score (nSPS) is 14.0. The SMILES string of the molecule is O=c1c(CN2CCc3nc(-c4ccc(Cl)cc4)ncc3C2)coc2c(Cl)cc(Cl)cc12. The number of nitrogens with zero attached hydrogens (tertiary/aromatic N) is 3. The van der Waals surface area contributed by atoms with Crippen molar-refractivity contribution in [3.63, 3.8) is 0 Å². The molecule has 0 unspecified atom stereocenters. The molecule has 1 aliphatic rings. The van der Waals surface area contributed by atoms with Crippen LogP contribution in [0.2, 0.25) is 15.1 Å². The molecule has 31 heavy (non-hydrogen) atoms. The van der Waals surface area contributed by atoms with Crippen molar-refractivity contribution in [1.82, 2.24) is 14.9 Å². The molecule has 4 aromatic rings. The Labute approximate surface area is 193 Å². The first-order valence-electron chi connectivity index (χ1n) is 9.70. The van der Waals surface area contributed by atoms with E-state index in [1.54, 1.807) is 12.1 Å². The molecule has 1 aliphatic heterocycles. The van der Waals surface area contributed by atoms with Crippen LogP contribution in [0.5, 0.6) is 0 Å². The number of halogens is 3. The van der Waals surface area contributed by atoms with Crippen LogP contribution in [0.1, 0.15) is 16.8 Å². The number of hydrogen-bond acceptors (Lipinski definition) is 5. The van der Waals surface area contributed by atoms with Crippen LogP contribution in [0.4, 0.5) is 0 Å². The van der Waals surface area contributed by atoms with E-state index in [2.05, 4.69) is 9.88 Å². The lowest BCUT2D eigenvalue weighted by Gasteiger charge is -2.27. The quantitative estimate of drug-likeness (QED) is 0.379. The van der Waals surface area contributed by atoms with Crippen molar-refractivity contribution in [2.45, 2.75) is 19.5 Å². The van der Waals surface area contributed by atoms with Crippen molar-refractivity contribution < 1.29 is 4.42 Å². The molecule has 8 heteroatoms. The largest absolute Gasteiger partial charge is 0.462 e. The van der Waals surface area contributed by atoms with Gasteiger partial charge in [0.05, 0.1) is 22.4 Å². The van der Waals surface area contributed by atoms with Crippen LogP contribution in [0.15, 0.2) is 58.1 Å². The van der Waals surface area contributed by atoms with Crippen molar-refractivity contribution in [3.05, 3.63) is 91.0 Å². The molecule has 0 fully saturated rings. The molecule has 0 atom stereocenters. The first-order valence-corrected chi connectivity index (χ1v) is 10.8. The summed E-state index contributed by atoms with van der Waals surface area (Å²) in [5, 5.41) is 1.80. The Morgan fingerprint density at radius 1 is 1.06 bits per heavy atom. The molecule has 0 aliphatic carbocycles. The molecule has 0 radical (unpaired) electrons. The Balaban J connectivity index is 1.38. The second-order valence-electron chi connectivity index (χ2n) is 7.49. The van der Waals surface area contributed by atoms with Gasteiger partial charge in [0.25, 0.3) is 0 Å². The Morgan fingerprint density at radius 2 is 1.87 bits per heavy atom. The number of fused-ring (bicyclic) bond motifs is 2. The molecule has 0 N–H and O–H groups in total. The van der Waals surface area contributed by atoms with Gasteiger partial charge in [-0.3, -0.25) is 9.69 Å². The summed E-state index contributed by atoms with van der Waals surface area (Å²) in [6, 6.07) is 10.6. The van der Waals surface area contributed by atoms with Crippen LogP contribution in [-0.2, 0) is 19.5 Å². The maximum absolute atomic E-state index is 12.9. The van der Waals surface area contributed by atoms with E-state index in [4.69, 9.17) is 44.2 Å². The molecule has 0 saturated carbocycles. The molecule has 3 heterocycles. The van der Waals surface area contributed by atoms with Gasteiger partial charge in [-0.05, 0) is 36.4 Å². The van der Waals surface area contributed by atoms with E-state index in [9.17, 15) is 4.79 Å². The van der Waals surface area contributed by atoms with Gasteiger partial charge < -0.3 is 4.42 Å². The summed E-state index contributed by atoms with van der Waals surface area (Å²) in [5.74, 6) is 0.688. The van der Waals surface area contributed by atoms with Crippen molar-refractivity contribution in [1.29, 1.82) is 0 Å². The van der Waals surface area contributed by atoms with Gasteiger partial charge in [0.15, 0.2) is 16.8 Å². The third-order valence-electron chi connectivity index (χ3n) is 5.37. The highest BCUT2D eigenvalue weighted by atomic mass is 35.5. The summed E-state index contributed by atoms with van der Waals surface area (Å²) in [6.45, 7) is 1.89. The Kier molecular flexibility index (Phi) is 5.44. The lowest BCUT2D eigenvalue weighted by atomic mass is 10.1. The topological polar surface area (TPSA) is 59.2 Å². The van der Waals surface area contributed by atoms with Crippen LogP contribution in [0.25, 0.3) is 22.4 Å². The van der Waals surface area contributed by atoms with Crippen molar-refractivity contribution in [2.75, 3.05) is 6.54 Å². The standard InChI is InChI=1S/C23H16Cl3N3O2/c24-16-3-1-13(2-4-16)23-27-9-14-10-29(6-5-20(14)28-23)11-15-12-31-22-18(21(15)30)7-17(25)8-19(22)26/h1-4,7-9,12H,5-6,10-11H2. The zero-order valence-corrected chi connectivity index (χ0v) is 18.5. The number of benzene rings is 2. The summed E-state index contributed by atoms with van der Waals surface area (Å²) in [5.41, 5.74) is 3.81. The molecule has 0 spiro atoms. The third-order valence-corrected chi connectivity index (χ3v) is 6.12. The maximum Gasteiger partial charge on any atom is 0.197 e. The average molecular weight is 473 g/mol. The Bertz CT molecular complexity index is 1350. The smallest absolute Gasteiger partial charge is 0.197 e. The van der Waals surface area contributed by atoms with Crippen molar-refractivity contribution in [2.24, 2.45) is 0 Å². The summed E-state index contributed by atoms with van der Waals surface area (Å²) in [7, 11) is 0. The van der Waals surface area contributed by atoms with E-state index in [1.807, 2.05) is 30.5 Å². The number of hydrogen-bond donors (Lipinski definition) is 0. The molecule has 5 nitrogen and oxygen atoms in total. The summed E-state index contributed by atoms with van der Waals surface area (Å²) >= 11 is 18.2. The van der Waals surface area contributed by atoms with Gasteiger partial charge in [0, 0.05) is 59.0 Å². The molecule has 2 aromatic heterocycles. The first-order chi connectivity index (χ1) is 15.0. The average Bonchev–Trinajstić information content (AvgIpc) is 2.76. The summed E-state index contributed by atoms with van der Waals surface area (Å²) in [4.78, 5) is 24.4. The molecule has 5 rings (SSSR count). The van der Waals surface area contributed by atoms with E-state index in [1.165, 1.54) is 6.26 Å². The summed E-state index contributed by atoms with van der Waals surface area (Å²) < 4.78 is 5.64. The molecular formula is C23H16Cl3N3O2. The minimum absolute atomic E-state index is 0.120. The minimum Gasteiger partial charge on any atom is -0.462 e. The Hall–Kier alpha value is -2.44. The number of rotatable bonds is 3. The zero-order chi connectivity index (χ0) is 21.5. The highest BCUT2D eigenvalue weighted by Crippen LogP contribution is 2.27. The van der Waals surface area contributed by atoms with Crippen LogP contribution >= 0.6 is 34.8 Å². The van der Waals surface area contributed by atoms with Gasteiger partial charge >= 0.3 is 0 Å². The van der Waals surface area contributed by atoms with Gasteiger partial charge in [0.1, 0.15) is 0 Å². The van der Waals surface area contributed by atoms with Crippen LogP contribution in [0, 0.1) is 0 Å². The van der Waals surface area contributed by atoms with E-state index in [0.717, 1.165) is 29.8 Å². The fourth-order valence-electron chi connectivity index (χ4n) is 3.80. The van der Waals surface area contributed by atoms with Crippen LogP contribution in [-0.4, -0.2) is 21.4 Å². The first kappa shape index (κ1) is 20.5. The fraction of sp³-hybridized carbons (Fsp3) is 0.174. The van der Waals surface area contributed by atoms with Gasteiger partial charge in [-0.1, -0.05) is 34.8 Å². The summed E-state index contributed by atoms with van der Waals surface area (Å²) in [6.07, 6.45) is 4.12. The van der Waals surface area contributed by atoms with Crippen molar-refractivity contribution >= 4 is 45.8 Å². The monoisotopic (exact) mass is 471 g/mol. The molecule has 0 bridgehead atoms. The predicted octanol–water partition coefficient (Wildman–Crippen LogP) is 5.77. The number of aromatic nitrogens is 2. The molecule has 0 saturated heterocycles. The van der Waals surface area contributed by atoms with Crippen LogP contribution < -0.4 is 5.43 Å². The molecule has 0 amide bonds. The lowest BCUT2D eigenvalue weighted by Crippen LogP contribution is -2.32. The zero-order valence-electron chi connectivity index (χ0n) is 16.2. The lowest BCUT2D eigenvalue weighted by molar-refractivity contribution is 0.240. The van der Waals surface area contributed by atoms with Gasteiger partial charge in [-0.25, -0.2) is 9.97 Å². The van der Waals surface area contributed by atoms with Crippen molar-refractivity contribution in [3.8, 4) is 11.4 Å². The molecule has 156 valence electrons. The van der Waals surface area contributed by atoms with Gasteiger partial charge in [0.2, 0.25) is 0 Å². The molecule has 2 aromatic carbocycles. The fourth-order valence-corrected chi connectivity index (χ4v) is 4.47. The predicted molar refractivity (Wildman–Crippen MR) is 123 cm³/mol. The second kappa shape index (κ2) is 8.24. The van der Waals surface area contributed by atoms with E-state index >= 15 is 0 Å². The van der Waals surface area contributed by atoms with E-state index in [0.29, 0.717) is 50.5 Å². The van der Waals surface area contributed by atoms with E-state index in [-0.39, 0.29) is 5.43 Å². The van der Waals surface area contributed by atoms with Gasteiger partial charge in [-0.2, -0.15) is 0 Å². The van der Waals surface area contributed by atoms with Crippen LogP contribution in [0.3, 0.4) is 0 Å². The highest BCUT2D eigenvalue weighted by molar-refractivity contribution is 6.38. The molecular weight excluding hydrogens is 457 g/mol. The maximum atomic E-state index is 12.9.